The number of furan rings is 1. The number of aromatic nitrogens is 1. The number of barbiturate groups is 1. The summed E-state index contributed by atoms with van der Waals surface area (Å²) in [6.07, 6.45) is 4.16. The second kappa shape index (κ2) is 8.47. The van der Waals surface area contributed by atoms with Crippen molar-refractivity contribution in [1.29, 1.82) is 0 Å². The van der Waals surface area contributed by atoms with Crippen LogP contribution in [0.5, 0.6) is 0 Å². The molecule has 1 saturated heterocycles. The first-order valence-corrected chi connectivity index (χ1v) is 10.5. The highest BCUT2D eigenvalue weighted by Gasteiger charge is 2.37. The van der Waals surface area contributed by atoms with Crippen molar-refractivity contribution in [3.05, 3.63) is 75.7 Å². The van der Waals surface area contributed by atoms with E-state index >= 15 is 0 Å². The van der Waals surface area contributed by atoms with Crippen LogP contribution in [0.2, 0.25) is 5.02 Å². The van der Waals surface area contributed by atoms with Gasteiger partial charge in [0, 0.05) is 16.1 Å². The molecule has 150 valence electrons. The van der Waals surface area contributed by atoms with Gasteiger partial charge in [-0.3, -0.25) is 19.9 Å². The van der Waals surface area contributed by atoms with E-state index in [9.17, 15) is 14.4 Å². The molecule has 1 aliphatic heterocycles. The number of benzene rings is 1. The molecule has 0 radical (unpaired) electrons. The molecule has 1 aromatic carbocycles. The van der Waals surface area contributed by atoms with Crippen LogP contribution in [-0.2, 0) is 9.59 Å². The molecule has 10 heteroatoms. The molecular formula is C20H11BrClN3O4S. The van der Waals surface area contributed by atoms with Crippen molar-refractivity contribution in [3.8, 4) is 0 Å². The van der Waals surface area contributed by atoms with Crippen LogP contribution in [-0.4, -0.2) is 22.8 Å². The Bertz CT molecular complexity index is 1180. The van der Waals surface area contributed by atoms with Gasteiger partial charge in [0.1, 0.15) is 11.3 Å². The molecule has 1 fully saturated rings. The van der Waals surface area contributed by atoms with Gasteiger partial charge in [-0.15, -0.1) is 0 Å². The number of hydrogen-bond donors (Lipinski definition) is 1. The van der Waals surface area contributed by atoms with E-state index in [4.69, 9.17) is 16.0 Å². The standard InChI is InChI=1S/C20H11BrClN3O4S/c21-16-9-13(29-19(16)30-14-5-3-11(22)4-6-14)8-15-17(26)24-20(28)25(18(15)27)12-2-1-7-23-10-12/h1-10H,(H,24,26,28)/b15-8+. The molecule has 0 spiro atoms. The summed E-state index contributed by atoms with van der Waals surface area (Å²) in [5.41, 5.74) is 0.0146. The van der Waals surface area contributed by atoms with E-state index in [-0.39, 0.29) is 17.0 Å². The predicted molar refractivity (Wildman–Crippen MR) is 115 cm³/mol. The largest absolute Gasteiger partial charge is 0.449 e. The zero-order chi connectivity index (χ0) is 21.3. The number of halogens is 2. The summed E-state index contributed by atoms with van der Waals surface area (Å²) in [4.78, 5) is 42.9. The molecule has 1 aliphatic rings. The number of urea groups is 1. The average molecular weight is 505 g/mol. The van der Waals surface area contributed by atoms with Gasteiger partial charge in [-0.1, -0.05) is 23.4 Å². The summed E-state index contributed by atoms with van der Waals surface area (Å²) in [7, 11) is 0. The number of amides is 4. The van der Waals surface area contributed by atoms with Crippen LogP contribution < -0.4 is 10.2 Å². The quantitative estimate of drug-likeness (QED) is 0.401. The van der Waals surface area contributed by atoms with E-state index in [0.717, 1.165) is 9.80 Å². The lowest BCUT2D eigenvalue weighted by atomic mass is 10.1. The maximum absolute atomic E-state index is 12.8. The van der Waals surface area contributed by atoms with Gasteiger partial charge in [-0.2, -0.15) is 0 Å². The van der Waals surface area contributed by atoms with Crippen LogP contribution in [0.1, 0.15) is 5.76 Å². The zero-order valence-corrected chi connectivity index (χ0v) is 18.1. The number of anilines is 1. The molecule has 0 unspecified atom stereocenters. The molecule has 4 amide bonds. The van der Waals surface area contributed by atoms with Gasteiger partial charge >= 0.3 is 6.03 Å². The fraction of sp³-hybridized carbons (Fsp3) is 0. The predicted octanol–water partition coefficient (Wildman–Crippen LogP) is 4.91. The number of nitrogens with one attached hydrogen (secondary N) is 1. The van der Waals surface area contributed by atoms with Crippen LogP contribution in [0.3, 0.4) is 0 Å². The number of rotatable bonds is 4. The fourth-order valence-corrected chi connectivity index (χ4v) is 4.10. The van der Waals surface area contributed by atoms with E-state index in [1.165, 1.54) is 30.2 Å². The van der Waals surface area contributed by atoms with Crippen molar-refractivity contribution in [1.82, 2.24) is 10.3 Å². The van der Waals surface area contributed by atoms with Crippen LogP contribution in [0, 0.1) is 0 Å². The highest BCUT2D eigenvalue weighted by atomic mass is 79.9. The third kappa shape index (κ3) is 4.18. The number of pyridine rings is 1. The Morgan fingerprint density at radius 2 is 1.93 bits per heavy atom. The van der Waals surface area contributed by atoms with Crippen LogP contribution in [0.15, 0.2) is 79.3 Å². The van der Waals surface area contributed by atoms with Crippen LogP contribution in [0.4, 0.5) is 10.5 Å². The summed E-state index contributed by atoms with van der Waals surface area (Å²) in [6.45, 7) is 0. The smallest absolute Gasteiger partial charge is 0.336 e. The summed E-state index contributed by atoms with van der Waals surface area (Å²) in [5, 5.41) is 3.31. The third-order valence-electron chi connectivity index (χ3n) is 3.99. The monoisotopic (exact) mass is 503 g/mol. The SMILES string of the molecule is O=C1NC(=O)N(c2cccnc2)C(=O)/C1=C/c1cc(Br)c(Sc2ccc(Cl)cc2)o1. The second-order valence-corrected chi connectivity index (χ2v) is 8.35. The van der Waals surface area contributed by atoms with E-state index in [1.807, 2.05) is 12.1 Å². The fourth-order valence-electron chi connectivity index (χ4n) is 2.64. The zero-order valence-electron chi connectivity index (χ0n) is 15.0. The molecule has 0 atom stereocenters. The highest BCUT2D eigenvalue weighted by molar-refractivity contribution is 9.10. The molecule has 0 bridgehead atoms. The van der Waals surface area contributed by atoms with Crippen molar-refractivity contribution in [2.45, 2.75) is 9.99 Å². The van der Waals surface area contributed by atoms with Gasteiger partial charge in [-0.05, 0) is 64.5 Å². The topological polar surface area (TPSA) is 92.5 Å². The summed E-state index contributed by atoms with van der Waals surface area (Å²) in [6, 6.07) is 11.1. The summed E-state index contributed by atoms with van der Waals surface area (Å²) >= 11 is 10.7. The van der Waals surface area contributed by atoms with Gasteiger partial charge < -0.3 is 4.42 Å². The van der Waals surface area contributed by atoms with Crippen LogP contribution >= 0.6 is 39.3 Å². The van der Waals surface area contributed by atoms with Crippen molar-refractivity contribution >= 4 is 68.9 Å². The molecule has 4 rings (SSSR count). The molecular weight excluding hydrogens is 494 g/mol. The Hall–Kier alpha value is -2.88. The van der Waals surface area contributed by atoms with Crippen molar-refractivity contribution in [3.63, 3.8) is 0 Å². The van der Waals surface area contributed by atoms with E-state index < -0.39 is 17.8 Å². The molecule has 30 heavy (non-hydrogen) atoms. The molecule has 1 N–H and O–H groups in total. The molecule has 0 aliphatic carbocycles. The second-order valence-electron chi connectivity index (χ2n) is 6.01. The van der Waals surface area contributed by atoms with E-state index in [2.05, 4.69) is 26.2 Å². The van der Waals surface area contributed by atoms with Crippen molar-refractivity contribution < 1.29 is 18.8 Å². The summed E-state index contributed by atoms with van der Waals surface area (Å²) in [5.74, 6) is -1.29. The van der Waals surface area contributed by atoms with Gasteiger partial charge in [0.25, 0.3) is 11.8 Å². The lowest BCUT2D eigenvalue weighted by Crippen LogP contribution is -2.54. The van der Waals surface area contributed by atoms with Gasteiger partial charge in [0.05, 0.1) is 16.4 Å². The molecule has 3 aromatic rings. The van der Waals surface area contributed by atoms with E-state index in [0.29, 0.717) is 14.6 Å². The molecule has 3 heterocycles. The molecule has 7 nitrogen and oxygen atoms in total. The lowest BCUT2D eigenvalue weighted by molar-refractivity contribution is -0.122. The summed E-state index contributed by atoms with van der Waals surface area (Å²) < 4.78 is 6.43. The van der Waals surface area contributed by atoms with Crippen molar-refractivity contribution in [2.24, 2.45) is 0 Å². The molecule has 0 saturated carbocycles. The minimum absolute atomic E-state index is 0.234. The minimum atomic E-state index is -0.838. The van der Waals surface area contributed by atoms with E-state index in [1.54, 1.807) is 30.3 Å². The Kier molecular flexibility index (Phi) is 5.76. The molecule has 2 aromatic heterocycles. The van der Waals surface area contributed by atoms with Gasteiger partial charge in [0.2, 0.25) is 0 Å². The first-order valence-electron chi connectivity index (χ1n) is 8.46. The third-order valence-corrected chi connectivity index (χ3v) is 6.09. The number of nitrogens with zero attached hydrogens (tertiary/aromatic N) is 2. The average Bonchev–Trinajstić information content (AvgIpc) is 3.06. The van der Waals surface area contributed by atoms with Crippen molar-refractivity contribution in [2.75, 3.05) is 4.90 Å². The number of carbonyl (C=O) groups excluding carboxylic acids is 3. The maximum Gasteiger partial charge on any atom is 0.336 e. The Balaban J connectivity index is 1.63. The first kappa shape index (κ1) is 20.4. The normalized spacial score (nSPS) is 15.6. The Labute approximate surface area is 188 Å². The lowest BCUT2D eigenvalue weighted by Gasteiger charge is -2.25. The number of imide groups is 2. The van der Waals surface area contributed by atoms with Gasteiger partial charge in [-0.25, -0.2) is 9.69 Å². The Morgan fingerprint density at radius 1 is 1.17 bits per heavy atom. The van der Waals surface area contributed by atoms with Crippen LogP contribution in [0.25, 0.3) is 6.08 Å². The van der Waals surface area contributed by atoms with Gasteiger partial charge in [0.15, 0.2) is 5.09 Å². The number of hydrogen-bond acceptors (Lipinski definition) is 6. The minimum Gasteiger partial charge on any atom is -0.449 e. The highest BCUT2D eigenvalue weighted by Crippen LogP contribution is 2.37. The Morgan fingerprint density at radius 3 is 2.63 bits per heavy atom. The maximum atomic E-state index is 12.8. The number of carbonyl (C=O) groups is 3. The first-order chi connectivity index (χ1) is 14.4.